The van der Waals surface area contributed by atoms with Crippen molar-refractivity contribution in [2.45, 2.75) is 0 Å². The topological polar surface area (TPSA) is 25.8 Å². The fourth-order valence-electron chi connectivity index (χ4n) is 1.70. The van der Waals surface area contributed by atoms with Crippen molar-refractivity contribution >= 4 is 33.3 Å². The number of aromatic nitrogens is 2. The number of benzene rings is 2. The van der Waals surface area contributed by atoms with Crippen LogP contribution in [0.15, 0.2) is 42.6 Å². The van der Waals surface area contributed by atoms with E-state index < -0.39 is 0 Å². The van der Waals surface area contributed by atoms with Gasteiger partial charge in [0.1, 0.15) is 0 Å². The molecule has 3 aromatic rings. The van der Waals surface area contributed by atoms with E-state index >= 15 is 0 Å². The van der Waals surface area contributed by atoms with Crippen LogP contribution < -0.4 is 0 Å². The maximum Gasteiger partial charge on any atom is 0.222 e. The van der Waals surface area contributed by atoms with Crippen molar-refractivity contribution in [3.8, 4) is 0 Å². The van der Waals surface area contributed by atoms with Crippen molar-refractivity contribution in [3.63, 3.8) is 0 Å². The Bertz CT molecular complexity index is 649. The third-order valence-electron chi connectivity index (χ3n) is 2.42. The monoisotopic (exact) mass is 214 g/mol. The molecule has 3 heteroatoms. The molecule has 0 atom stereocenters. The molecule has 15 heavy (non-hydrogen) atoms. The number of fused-ring (bicyclic) bond motifs is 2. The van der Waals surface area contributed by atoms with E-state index in [1.54, 1.807) is 6.20 Å². The van der Waals surface area contributed by atoms with Gasteiger partial charge < -0.3 is 0 Å². The highest BCUT2D eigenvalue weighted by Gasteiger charge is 1.99. The highest BCUT2D eigenvalue weighted by molar-refractivity contribution is 6.28. The number of hydrogen-bond donors (Lipinski definition) is 0. The molecular formula is C12H7ClN2. The third kappa shape index (κ3) is 1.43. The van der Waals surface area contributed by atoms with Crippen LogP contribution in [-0.2, 0) is 0 Å². The van der Waals surface area contributed by atoms with Gasteiger partial charge in [0.15, 0.2) is 0 Å². The molecule has 72 valence electrons. The van der Waals surface area contributed by atoms with Gasteiger partial charge in [0.05, 0.1) is 5.52 Å². The fraction of sp³-hybridized carbons (Fsp3) is 0. The molecule has 0 saturated heterocycles. The minimum atomic E-state index is 0.290. The first-order chi connectivity index (χ1) is 7.33. The third-order valence-corrected chi connectivity index (χ3v) is 2.60. The maximum atomic E-state index is 5.75. The van der Waals surface area contributed by atoms with E-state index in [1.807, 2.05) is 18.2 Å². The molecule has 2 nitrogen and oxygen atoms in total. The molecule has 0 bridgehead atoms. The van der Waals surface area contributed by atoms with Gasteiger partial charge >= 0.3 is 0 Å². The Balaban J connectivity index is 2.47. The summed E-state index contributed by atoms with van der Waals surface area (Å²) in [7, 11) is 0. The second-order valence-electron chi connectivity index (χ2n) is 3.40. The molecule has 0 aliphatic carbocycles. The zero-order valence-electron chi connectivity index (χ0n) is 7.81. The highest BCUT2D eigenvalue weighted by atomic mass is 35.5. The summed E-state index contributed by atoms with van der Waals surface area (Å²) < 4.78 is 0. The zero-order valence-corrected chi connectivity index (χ0v) is 8.57. The molecule has 0 fully saturated rings. The number of halogens is 1. The Hall–Kier alpha value is -1.67. The van der Waals surface area contributed by atoms with Crippen LogP contribution in [0.4, 0.5) is 0 Å². The summed E-state index contributed by atoms with van der Waals surface area (Å²) in [6, 6.07) is 12.3. The van der Waals surface area contributed by atoms with Crippen LogP contribution in [0, 0.1) is 0 Å². The maximum absolute atomic E-state index is 5.75. The highest BCUT2D eigenvalue weighted by Crippen LogP contribution is 2.21. The molecule has 2 aromatic carbocycles. The van der Waals surface area contributed by atoms with Crippen LogP contribution in [0.5, 0.6) is 0 Å². The van der Waals surface area contributed by atoms with E-state index in [0.29, 0.717) is 0 Å². The summed E-state index contributed by atoms with van der Waals surface area (Å²) in [5.74, 6) is 0. The van der Waals surface area contributed by atoms with Gasteiger partial charge in [-0.25, -0.2) is 9.97 Å². The second kappa shape index (κ2) is 3.17. The molecule has 0 saturated carbocycles. The smallest absolute Gasteiger partial charge is 0.222 e. The van der Waals surface area contributed by atoms with Crippen molar-refractivity contribution in [3.05, 3.63) is 47.9 Å². The summed E-state index contributed by atoms with van der Waals surface area (Å²) in [5.41, 5.74) is 0.883. The van der Waals surface area contributed by atoms with Gasteiger partial charge in [-0.2, -0.15) is 0 Å². The largest absolute Gasteiger partial charge is 0.226 e. The quantitative estimate of drug-likeness (QED) is 0.423. The summed E-state index contributed by atoms with van der Waals surface area (Å²) in [5, 5.41) is 3.66. The Morgan fingerprint density at radius 3 is 2.47 bits per heavy atom. The lowest BCUT2D eigenvalue weighted by atomic mass is 10.1. The van der Waals surface area contributed by atoms with E-state index in [-0.39, 0.29) is 5.28 Å². The van der Waals surface area contributed by atoms with Crippen LogP contribution >= 0.6 is 11.6 Å². The van der Waals surface area contributed by atoms with Gasteiger partial charge in [-0.1, -0.05) is 24.3 Å². The van der Waals surface area contributed by atoms with Crippen LogP contribution in [0.3, 0.4) is 0 Å². The summed E-state index contributed by atoms with van der Waals surface area (Å²) >= 11 is 5.75. The lowest BCUT2D eigenvalue weighted by Gasteiger charge is -2.00. The number of hydrogen-bond acceptors (Lipinski definition) is 2. The van der Waals surface area contributed by atoms with E-state index in [9.17, 15) is 0 Å². The normalized spacial score (nSPS) is 11.0. The average molecular weight is 215 g/mol. The minimum Gasteiger partial charge on any atom is -0.226 e. The van der Waals surface area contributed by atoms with Gasteiger partial charge in [-0.3, -0.25) is 0 Å². The fourth-order valence-corrected chi connectivity index (χ4v) is 1.84. The molecule has 1 aromatic heterocycles. The first-order valence-electron chi connectivity index (χ1n) is 4.64. The molecular weight excluding hydrogens is 208 g/mol. The Morgan fingerprint density at radius 2 is 1.67 bits per heavy atom. The van der Waals surface area contributed by atoms with Gasteiger partial charge in [-0.15, -0.1) is 0 Å². The Morgan fingerprint density at radius 1 is 0.933 bits per heavy atom. The van der Waals surface area contributed by atoms with E-state index in [0.717, 1.165) is 10.9 Å². The average Bonchev–Trinajstić information content (AvgIpc) is 2.26. The zero-order chi connectivity index (χ0) is 10.3. The van der Waals surface area contributed by atoms with Crippen molar-refractivity contribution in [2.24, 2.45) is 0 Å². The first-order valence-corrected chi connectivity index (χ1v) is 5.02. The summed E-state index contributed by atoms with van der Waals surface area (Å²) in [6.45, 7) is 0. The standard InChI is InChI=1S/C12H7ClN2/c13-12-14-7-10-5-8-3-1-2-4-9(8)6-11(10)15-12/h1-7H. The molecule has 0 spiro atoms. The molecule has 0 amide bonds. The predicted molar refractivity (Wildman–Crippen MR) is 62.1 cm³/mol. The van der Waals surface area contributed by atoms with Gasteiger partial charge in [0.25, 0.3) is 0 Å². The lowest BCUT2D eigenvalue weighted by Crippen LogP contribution is -1.84. The molecule has 0 aliphatic heterocycles. The van der Waals surface area contributed by atoms with Crippen LogP contribution in [-0.4, -0.2) is 9.97 Å². The van der Waals surface area contributed by atoms with Gasteiger partial charge in [-0.05, 0) is 34.5 Å². The van der Waals surface area contributed by atoms with Crippen molar-refractivity contribution < 1.29 is 0 Å². The second-order valence-corrected chi connectivity index (χ2v) is 3.74. The van der Waals surface area contributed by atoms with Crippen molar-refractivity contribution in [1.82, 2.24) is 9.97 Å². The molecule has 3 rings (SSSR count). The lowest BCUT2D eigenvalue weighted by molar-refractivity contribution is 1.22. The molecule has 0 aliphatic rings. The Kier molecular flexibility index (Phi) is 1.82. The molecule has 0 radical (unpaired) electrons. The summed E-state index contributed by atoms with van der Waals surface area (Å²) in [4.78, 5) is 8.15. The van der Waals surface area contributed by atoms with Crippen LogP contribution in [0.2, 0.25) is 5.28 Å². The van der Waals surface area contributed by atoms with E-state index in [4.69, 9.17) is 11.6 Å². The molecule has 1 heterocycles. The number of nitrogens with zero attached hydrogens (tertiary/aromatic N) is 2. The Labute approximate surface area is 91.5 Å². The van der Waals surface area contributed by atoms with Crippen LogP contribution in [0.1, 0.15) is 0 Å². The molecule has 0 N–H and O–H groups in total. The number of rotatable bonds is 0. The first kappa shape index (κ1) is 8.62. The van der Waals surface area contributed by atoms with Gasteiger partial charge in [0, 0.05) is 11.6 Å². The minimum absolute atomic E-state index is 0.290. The molecule has 0 unspecified atom stereocenters. The SMILES string of the molecule is Clc1ncc2cc3ccccc3cc2n1. The van der Waals surface area contributed by atoms with Gasteiger partial charge in [0.2, 0.25) is 5.28 Å². The van der Waals surface area contributed by atoms with E-state index in [2.05, 4.69) is 28.2 Å². The van der Waals surface area contributed by atoms with Crippen LogP contribution in [0.25, 0.3) is 21.7 Å². The van der Waals surface area contributed by atoms with Crippen molar-refractivity contribution in [2.75, 3.05) is 0 Å². The van der Waals surface area contributed by atoms with E-state index in [1.165, 1.54) is 10.8 Å². The van der Waals surface area contributed by atoms with Crippen molar-refractivity contribution in [1.29, 1.82) is 0 Å². The summed E-state index contributed by atoms with van der Waals surface area (Å²) in [6.07, 6.45) is 1.75. The predicted octanol–water partition coefficient (Wildman–Crippen LogP) is 3.44.